The first-order valence-corrected chi connectivity index (χ1v) is 12.3. The van der Waals surface area contributed by atoms with Crippen LogP contribution in [-0.2, 0) is 17.0 Å². The van der Waals surface area contributed by atoms with Crippen LogP contribution in [-0.4, -0.2) is 37.0 Å². The van der Waals surface area contributed by atoms with E-state index in [0.717, 1.165) is 29.7 Å². The van der Waals surface area contributed by atoms with Crippen molar-refractivity contribution in [1.82, 2.24) is 5.32 Å². The smallest absolute Gasteiger partial charge is 0.222 e. The Morgan fingerprint density at radius 3 is 2.91 bits per heavy atom. The number of aliphatic imine (C=N–C) groups is 1. The summed E-state index contributed by atoms with van der Waals surface area (Å²) < 4.78 is 5.73. The third-order valence-electron chi connectivity index (χ3n) is 5.53. The maximum atomic E-state index is 12.0. The summed E-state index contributed by atoms with van der Waals surface area (Å²) in [6, 6.07) is 14.2. The number of aliphatic hydroxyl groups is 1. The summed E-state index contributed by atoms with van der Waals surface area (Å²) in [5.74, 6) is 1.22. The van der Waals surface area contributed by atoms with Crippen molar-refractivity contribution in [1.29, 1.82) is 5.26 Å². The number of fused-ring (bicyclic) bond motifs is 1. The molecule has 174 valence electrons. The van der Waals surface area contributed by atoms with Gasteiger partial charge in [0.25, 0.3) is 0 Å². The number of rotatable bonds is 10. The highest BCUT2D eigenvalue weighted by Crippen LogP contribution is 2.40. The molecule has 3 rings (SSSR count). The lowest BCUT2D eigenvalue weighted by Gasteiger charge is -2.19. The van der Waals surface area contributed by atoms with E-state index in [-0.39, 0.29) is 36.3 Å². The number of hydrogen-bond acceptors (Lipinski definition) is 6. The Labute approximate surface area is 200 Å². The van der Waals surface area contributed by atoms with Gasteiger partial charge in [-0.3, -0.25) is 9.79 Å². The molecule has 2 aromatic carbocycles. The van der Waals surface area contributed by atoms with Gasteiger partial charge < -0.3 is 15.2 Å². The van der Waals surface area contributed by atoms with Crippen molar-refractivity contribution in [3.63, 3.8) is 0 Å². The highest BCUT2D eigenvalue weighted by molar-refractivity contribution is 7.99. The van der Waals surface area contributed by atoms with E-state index in [1.807, 2.05) is 44.3 Å². The summed E-state index contributed by atoms with van der Waals surface area (Å²) >= 11 is 1.76. The molecular formula is C26H31N3O3S. The second kappa shape index (κ2) is 11.9. The first kappa shape index (κ1) is 24.8. The van der Waals surface area contributed by atoms with Crippen molar-refractivity contribution in [3.05, 3.63) is 64.2 Å². The van der Waals surface area contributed by atoms with Crippen molar-refractivity contribution in [3.8, 4) is 11.8 Å². The molecule has 2 N–H and O–H groups in total. The lowest BCUT2D eigenvalue weighted by molar-refractivity contribution is -0.122. The normalized spacial score (nSPS) is 15.9. The van der Waals surface area contributed by atoms with Gasteiger partial charge in [0, 0.05) is 25.4 Å². The van der Waals surface area contributed by atoms with E-state index >= 15 is 0 Å². The van der Waals surface area contributed by atoms with E-state index in [1.54, 1.807) is 18.8 Å². The average molecular weight is 466 g/mol. The molecular weight excluding hydrogens is 434 g/mol. The van der Waals surface area contributed by atoms with Crippen LogP contribution < -0.4 is 10.1 Å². The predicted molar refractivity (Wildman–Crippen MR) is 133 cm³/mol. The number of hydrogen-bond donors (Lipinski definition) is 2. The van der Waals surface area contributed by atoms with Crippen molar-refractivity contribution in [2.45, 2.75) is 56.3 Å². The number of nitrogens with zero attached hydrogens (tertiary/aromatic N) is 2. The summed E-state index contributed by atoms with van der Waals surface area (Å²) in [6.45, 7) is 3.75. The van der Waals surface area contributed by atoms with Crippen LogP contribution in [0.5, 0.6) is 5.75 Å². The molecule has 0 bridgehead atoms. The van der Waals surface area contributed by atoms with Gasteiger partial charge in [0.05, 0.1) is 29.6 Å². The third kappa shape index (κ3) is 6.37. The van der Waals surface area contributed by atoms with Crippen LogP contribution in [0, 0.1) is 11.3 Å². The number of aliphatic hydroxyl groups excluding tert-OH is 1. The van der Waals surface area contributed by atoms with Crippen LogP contribution in [0.15, 0.2) is 41.4 Å². The first-order valence-electron chi connectivity index (χ1n) is 11.2. The Morgan fingerprint density at radius 1 is 1.39 bits per heavy atom. The standard InChI is InChI=1S/C26H31N3O3S/c1-17(2)32-24-10-7-18(13-19(24)14-27)16-33-25(15-28-3)22-6-4-5-21-20(22)8-9-23(21)29-26(31)11-12-30/h4-7,10,13,15,17,23,25,30H,8-9,11-12,16H2,1-3H3,(H,29,31). The van der Waals surface area contributed by atoms with Crippen LogP contribution in [0.3, 0.4) is 0 Å². The fourth-order valence-electron chi connectivity index (χ4n) is 4.11. The number of carbonyl (C=O) groups excluding carboxylic acids is 1. The average Bonchev–Trinajstić information content (AvgIpc) is 3.20. The molecule has 2 atom stereocenters. The summed E-state index contributed by atoms with van der Waals surface area (Å²) in [5.41, 5.74) is 5.23. The Morgan fingerprint density at radius 2 is 2.21 bits per heavy atom. The van der Waals surface area contributed by atoms with Crippen molar-refractivity contribution in [2.75, 3.05) is 13.7 Å². The molecule has 0 saturated heterocycles. The predicted octanol–water partition coefficient (Wildman–Crippen LogP) is 4.51. The third-order valence-corrected chi connectivity index (χ3v) is 6.76. The Kier molecular flexibility index (Phi) is 8.93. The first-order chi connectivity index (χ1) is 16.0. The highest BCUT2D eigenvalue weighted by atomic mass is 32.2. The van der Waals surface area contributed by atoms with E-state index < -0.39 is 0 Å². The Hall–Kier alpha value is -2.82. The molecule has 1 aliphatic carbocycles. The fraction of sp³-hybridized carbons (Fsp3) is 0.423. The molecule has 0 radical (unpaired) electrons. The minimum atomic E-state index is -0.144. The molecule has 2 unspecified atom stereocenters. The molecule has 6 nitrogen and oxygen atoms in total. The van der Waals surface area contributed by atoms with E-state index in [9.17, 15) is 10.1 Å². The van der Waals surface area contributed by atoms with Gasteiger partial charge in [-0.25, -0.2) is 0 Å². The van der Waals surface area contributed by atoms with Crippen molar-refractivity contribution < 1.29 is 14.6 Å². The minimum Gasteiger partial charge on any atom is -0.490 e. The largest absolute Gasteiger partial charge is 0.490 e. The Balaban J connectivity index is 1.78. The maximum Gasteiger partial charge on any atom is 0.222 e. The molecule has 0 fully saturated rings. The second-order valence-electron chi connectivity index (χ2n) is 8.30. The molecule has 0 aromatic heterocycles. The van der Waals surface area contributed by atoms with E-state index in [0.29, 0.717) is 11.3 Å². The number of amides is 1. The summed E-state index contributed by atoms with van der Waals surface area (Å²) in [7, 11) is 1.78. The van der Waals surface area contributed by atoms with Crippen LogP contribution in [0.1, 0.15) is 65.8 Å². The zero-order valence-electron chi connectivity index (χ0n) is 19.4. The van der Waals surface area contributed by atoms with E-state index in [4.69, 9.17) is 9.84 Å². The minimum absolute atomic E-state index is 0.0138. The van der Waals surface area contributed by atoms with E-state index in [1.165, 1.54) is 11.1 Å². The van der Waals surface area contributed by atoms with Gasteiger partial charge in [0.15, 0.2) is 0 Å². The molecule has 0 saturated carbocycles. The van der Waals surface area contributed by atoms with Gasteiger partial charge in [-0.2, -0.15) is 5.26 Å². The molecule has 0 heterocycles. The monoisotopic (exact) mass is 465 g/mol. The quantitative estimate of drug-likeness (QED) is 0.504. The fourth-order valence-corrected chi connectivity index (χ4v) is 5.27. The molecule has 1 aliphatic rings. The van der Waals surface area contributed by atoms with Gasteiger partial charge in [-0.05, 0) is 61.1 Å². The zero-order chi connectivity index (χ0) is 23.8. The summed E-state index contributed by atoms with van der Waals surface area (Å²) in [4.78, 5) is 16.3. The zero-order valence-corrected chi connectivity index (χ0v) is 20.2. The van der Waals surface area contributed by atoms with Crippen LogP contribution in [0.25, 0.3) is 0 Å². The molecule has 1 amide bonds. The highest BCUT2D eigenvalue weighted by Gasteiger charge is 2.27. The number of ether oxygens (including phenoxy) is 1. The lowest BCUT2D eigenvalue weighted by atomic mass is 10.00. The van der Waals surface area contributed by atoms with Gasteiger partial charge in [-0.1, -0.05) is 24.3 Å². The topological polar surface area (TPSA) is 94.7 Å². The summed E-state index contributed by atoms with van der Waals surface area (Å²) in [6.07, 6.45) is 3.84. The van der Waals surface area contributed by atoms with Crippen molar-refractivity contribution in [2.24, 2.45) is 4.99 Å². The van der Waals surface area contributed by atoms with Gasteiger partial charge in [0.1, 0.15) is 11.8 Å². The number of nitriles is 1. The Bertz CT molecular complexity index is 1050. The molecule has 33 heavy (non-hydrogen) atoms. The molecule has 0 spiro atoms. The molecule has 0 aliphatic heterocycles. The molecule has 7 heteroatoms. The van der Waals surface area contributed by atoms with Gasteiger partial charge in [-0.15, -0.1) is 11.8 Å². The number of benzene rings is 2. The maximum absolute atomic E-state index is 12.0. The van der Waals surface area contributed by atoms with Crippen LogP contribution >= 0.6 is 11.8 Å². The van der Waals surface area contributed by atoms with Crippen LogP contribution in [0.4, 0.5) is 0 Å². The van der Waals surface area contributed by atoms with Gasteiger partial charge >= 0.3 is 0 Å². The second-order valence-corrected chi connectivity index (χ2v) is 9.43. The van der Waals surface area contributed by atoms with Gasteiger partial charge in [0.2, 0.25) is 5.91 Å². The molecule has 2 aromatic rings. The summed E-state index contributed by atoms with van der Waals surface area (Å²) in [5, 5.41) is 21.6. The van der Waals surface area contributed by atoms with E-state index in [2.05, 4.69) is 28.5 Å². The SMILES string of the molecule is CN=CC(SCc1ccc(OC(C)C)c(C#N)c1)c1cccc2c1CCC2NC(=O)CCO. The lowest BCUT2D eigenvalue weighted by Crippen LogP contribution is -2.27. The van der Waals surface area contributed by atoms with Crippen LogP contribution in [0.2, 0.25) is 0 Å². The van der Waals surface area contributed by atoms with Crippen molar-refractivity contribution >= 4 is 23.9 Å². The number of nitrogens with one attached hydrogen (secondary N) is 1. The number of thioether (sulfide) groups is 1. The number of carbonyl (C=O) groups is 1.